The number of nitriles is 1. The van der Waals surface area contributed by atoms with E-state index in [9.17, 15) is 18.0 Å². The molecule has 15 heteroatoms. The maximum Gasteiger partial charge on any atom is 0.277 e. The Morgan fingerprint density at radius 2 is 1.94 bits per heavy atom. The summed E-state index contributed by atoms with van der Waals surface area (Å²) in [5.41, 5.74) is 0.320. The van der Waals surface area contributed by atoms with Gasteiger partial charge in [0.1, 0.15) is 30.0 Å². The standard InChI is InChI=1S/C32H31N9O5S/c1-21-17-41(26(42)10-13-33)32(21)12-16-39(18-32)29-23-11-15-40(30(23)36-19-35-29)20-46-28-22-7-3-4-8-24(22)47(44,45)38(2)27(28)31(43)37-25-9-5-6-14-34-25/h3-9,11,14-15,19,21H,10,12,16-18,20H2,1-2H3,(H,34,37,43)/t21-,32-/m0/s1. The van der Waals surface area contributed by atoms with Crippen LogP contribution in [0.25, 0.3) is 16.8 Å². The third-order valence-corrected chi connectivity index (χ3v) is 11.1. The molecule has 2 fully saturated rings. The molecule has 14 nitrogen and oxygen atoms in total. The average molecular weight is 654 g/mol. The maximum atomic E-state index is 13.6. The molecule has 1 spiro atoms. The third kappa shape index (κ3) is 4.83. The van der Waals surface area contributed by atoms with Crippen molar-refractivity contribution in [3.8, 4) is 6.07 Å². The minimum atomic E-state index is -4.04. The number of nitrogens with one attached hydrogen (secondary N) is 1. The number of sulfonamides is 1. The Kier molecular flexibility index (Phi) is 7.31. The van der Waals surface area contributed by atoms with Gasteiger partial charge in [-0.25, -0.2) is 23.4 Å². The van der Waals surface area contributed by atoms with E-state index in [0.29, 0.717) is 31.2 Å². The Hall–Kier alpha value is -5.49. The van der Waals surface area contributed by atoms with Gasteiger partial charge in [0.05, 0.1) is 21.9 Å². The molecule has 240 valence electrons. The molecule has 2 saturated heterocycles. The normalized spacial score (nSPS) is 21.4. The summed E-state index contributed by atoms with van der Waals surface area (Å²) in [6.07, 6.45) is 5.43. The Labute approximate surface area is 270 Å². The minimum Gasteiger partial charge on any atom is -0.470 e. The number of fused-ring (bicyclic) bond motifs is 2. The molecule has 0 bridgehead atoms. The number of benzene rings is 1. The summed E-state index contributed by atoms with van der Waals surface area (Å²) in [7, 11) is -2.73. The lowest BCUT2D eigenvalue weighted by Gasteiger charge is -2.55. The van der Waals surface area contributed by atoms with E-state index in [4.69, 9.17) is 10.00 Å². The van der Waals surface area contributed by atoms with Crippen LogP contribution in [0.4, 0.5) is 11.6 Å². The van der Waals surface area contributed by atoms with Crippen molar-refractivity contribution in [2.75, 3.05) is 36.9 Å². The number of anilines is 2. The second-order valence-corrected chi connectivity index (χ2v) is 13.8. The molecule has 1 aromatic carbocycles. The highest BCUT2D eigenvalue weighted by atomic mass is 32.2. The Bertz CT molecular complexity index is 2090. The monoisotopic (exact) mass is 653 g/mol. The smallest absolute Gasteiger partial charge is 0.277 e. The van der Waals surface area contributed by atoms with Crippen molar-refractivity contribution in [3.63, 3.8) is 0 Å². The molecule has 2 atom stereocenters. The van der Waals surface area contributed by atoms with Crippen LogP contribution in [-0.2, 0) is 31.1 Å². The first-order valence-electron chi connectivity index (χ1n) is 15.1. The van der Waals surface area contributed by atoms with Crippen molar-refractivity contribution in [2.45, 2.75) is 36.9 Å². The number of ether oxygens (including phenoxy) is 1. The Morgan fingerprint density at radius 1 is 1.13 bits per heavy atom. The van der Waals surface area contributed by atoms with Crippen molar-refractivity contribution in [2.24, 2.45) is 5.92 Å². The van der Waals surface area contributed by atoms with E-state index in [0.717, 1.165) is 21.9 Å². The lowest BCUT2D eigenvalue weighted by Crippen LogP contribution is -2.69. The van der Waals surface area contributed by atoms with Crippen LogP contribution < -0.4 is 10.2 Å². The van der Waals surface area contributed by atoms with Gasteiger partial charge in [0.2, 0.25) is 5.91 Å². The van der Waals surface area contributed by atoms with E-state index >= 15 is 0 Å². The number of hydrogen-bond donors (Lipinski definition) is 1. The van der Waals surface area contributed by atoms with Gasteiger partial charge in [0.25, 0.3) is 15.9 Å². The first-order valence-corrected chi connectivity index (χ1v) is 16.5. The third-order valence-electron chi connectivity index (χ3n) is 9.33. The lowest BCUT2D eigenvalue weighted by atomic mass is 9.74. The van der Waals surface area contributed by atoms with Crippen LogP contribution in [0.2, 0.25) is 0 Å². The summed E-state index contributed by atoms with van der Waals surface area (Å²) in [5, 5.41) is 12.5. The summed E-state index contributed by atoms with van der Waals surface area (Å²) in [6, 6.07) is 15.2. The van der Waals surface area contributed by atoms with Crippen LogP contribution in [0.1, 0.15) is 25.3 Å². The van der Waals surface area contributed by atoms with Gasteiger partial charge in [0.15, 0.2) is 18.2 Å². The quantitative estimate of drug-likeness (QED) is 0.313. The van der Waals surface area contributed by atoms with Crippen LogP contribution in [0.15, 0.2) is 77.8 Å². The fraction of sp³-hybridized carbons (Fsp3) is 0.312. The van der Waals surface area contributed by atoms with Gasteiger partial charge in [0, 0.05) is 44.6 Å². The second kappa shape index (κ2) is 11.4. The van der Waals surface area contributed by atoms with Crippen molar-refractivity contribution >= 4 is 50.3 Å². The van der Waals surface area contributed by atoms with Crippen molar-refractivity contribution in [1.82, 2.24) is 28.7 Å². The van der Waals surface area contributed by atoms with Crippen LogP contribution in [0, 0.1) is 17.2 Å². The van der Waals surface area contributed by atoms with Crippen molar-refractivity contribution < 1.29 is 22.7 Å². The molecule has 0 radical (unpaired) electrons. The van der Waals surface area contributed by atoms with E-state index in [1.165, 1.54) is 25.6 Å². The molecule has 6 heterocycles. The van der Waals surface area contributed by atoms with E-state index in [1.807, 2.05) is 17.0 Å². The first-order chi connectivity index (χ1) is 22.7. The zero-order chi connectivity index (χ0) is 32.9. The van der Waals surface area contributed by atoms with Gasteiger partial charge in [-0.05, 0) is 42.7 Å². The number of nitrogens with zero attached hydrogens (tertiary/aromatic N) is 8. The van der Waals surface area contributed by atoms with E-state index in [-0.39, 0.29) is 52.3 Å². The number of amides is 2. The Morgan fingerprint density at radius 3 is 2.70 bits per heavy atom. The highest BCUT2D eigenvalue weighted by Gasteiger charge is 2.56. The van der Waals surface area contributed by atoms with Gasteiger partial charge >= 0.3 is 0 Å². The number of aromatic nitrogens is 4. The minimum absolute atomic E-state index is 0.0179. The highest BCUT2D eigenvalue weighted by molar-refractivity contribution is 7.89. The molecule has 0 aliphatic carbocycles. The molecule has 4 aromatic rings. The van der Waals surface area contributed by atoms with Crippen LogP contribution in [-0.4, -0.2) is 81.2 Å². The first kappa shape index (κ1) is 30.2. The average Bonchev–Trinajstić information content (AvgIpc) is 3.72. The van der Waals surface area contributed by atoms with Crippen LogP contribution in [0.3, 0.4) is 0 Å². The molecular weight excluding hydrogens is 622 g/mol. The molecule has 3 aliphatic heterocycles. The zero-order valence-corrected chi connectivity index (χ0v) is 26.5. The SMILES string of the molecule is C[C@H]1CN(C(=O)CC#N)[C@]12CCN(c1ncnc3c1ccn3COC1=C(C(=O)Nc3ccccn3)N(C)S(=O)(=O)c3ccccc31)C2. The van der Waals surface area contributed by atoms with Gasteiger partial charge in [-0.15, -0.1) is 0 Å². The molecular formula is C32H31N9O5S. The maximum absolute atomic E-state index is 13.6. The number of likely N-dealkylation sites (N-methyl/N-ethyl adjacent to an activating group) is 1. The second-order valence-electron chi connectivity index (χ2n) is 11.8. The lowest BCUT2D eigenvalue weighted by molar-refractivity contribution is -0.152. The molecule has 0 unspecified atom stereocenters. The molecule has 2 amide bonds. The van der Waals surface area contributed by atoms with Gasteiger partial charge in [-0.1, -0.05) is 25.1 Å². The summed E-state index contributed by atoms with van der Waals surface area (Å²) >= 11 is 0. The molecule has 1 N–H and O–H groups in total. The summed E-state index contributed by atoms with van der Waals surface area (Å²) in [5.74, 6) is 0.520. The zero-order valence-electron chi connectivity index (χ0n) is 25.7. The fourth-order valence-corrected chi connectivity index (χ4v) is 8.21. The molecule has 3 aromatic heterocycles. The predicted molar refractivity (Wildman–Crippen MR) is 170 cm³/mol. The van der Waals surface area contributed by atoms with E-state index < -0.39 is 15.9 Å². The molecule has 0 saturated carbocycles. The Balaban J connectivity index is 1.20. The summed E-state index contributed by atoms with van der Waals surface area (Å²) < 4.78 is 35.9. The number of carbonyl (C=O) groups is 2. The predicted octanol–water partition coefficient (Wildman–Crippen LogP) is 2.78. The number of rotatable bonds is 7. The van der Waals surface area contributed by atoms with E-state index in [2.05, 4.69) is 32.1 Å². The number of likely N-dealkylation sites (tertiary alicyclic amines) is 1. The number of hydrogen-bond acceptors (Lipinski definition) is 10. The van der Waals surface area contributed by atoms with E-state index in [1.54, 1.807) is 47.2 Å². The fourth-order valence-electron chi connectivity index (χ4n) is 6.82. The van der Waals surface area contributed by atoms with Gasteiger partial charge in [-0.3, -0.25) is 18.5 Å². The van der Waals surface area contributed by atoms with Crippen molar-refractivity contribution in [3.05, 3.63) is 78.5 Å². The highest BCUT2D eigenvalue weighted by Crippen LogP contribution is 2.45. The molecule has 3 aliphatic rings. The van der Waals surface area contributed by atoms with Gasteiger partial charge in [-0.2, -0.15) is 5.26 Å². The number of pyridine rings is 1. The molecule has 47 heavy (non-hydrogen) atoms. The van der Waals surface area contributed by atoms with Crippen LogP contribution >= 0.6 is 0 Å². The summed E-state index contributed by atoms with van der Waals surface area (Å²) in [4.78, 5) is 43.5. The van der Waals surface area contributed by atoms with Crippen LogP contribution in [0.5, 0.6) is 0 Å². The number of carbonyl (C=O) groups excluding carboxylic acids is 2. The van der Waals surface area contributed by atoms with Crippen molar-refractivity contribution in [1.29, 1.82) is 5.26 Å². The summed E-state index contributed by atoms with van der Waals surface area (Å²) in [6.45, 7) is 3.97. The van der Waals surface area contributed by atoms with Gasteiger partial charge < -0.3 is 19.9 Å². The largest absolute Gasteiger partial charge is 0.470 e. The topological polar surface area (TPSA) is 167 Å². The molecule has 7 rings (SSSR count).